The molecule has 0 atom stereocenters. The Morgan fingerprint density at radius 3 is 2.29 bits per heavy atom. The highest BCUT2D eigenvalue weighted by Gasteiger charge is 2.02. The molecule has 0 radical (unpaired) electrons. The summed E-state index contributed by atoms with van der Waals surface area (Å²) >= 11 is 11.7. The summed E-state index contributed by atoms with van der Waals surface area (Å²) < 4.78 is 5.59. The number of anilines is 1. The molecule has 0 aromatic heterocycles. The fourth-order valence-electron chi connectivity index (χ4n) is 1.44. The van der Waals surface area contributed by atoms with Gasteiger partial charge in [0.05, 0.1) is 0 Å². The van der Waals surface area contributed by atoms with Crippen LogP contribution in [0.3, 0.4) is 0 Å². The van der Waals surface area contributed by atoms with Crippen LogP contribution in [0.25, 0.3) is 0 Å². The molecule has 0 aliphatic rings. The lowest BCUT2D eigenvalue weighted by molar-refractivity contribution is 0.307. The van der Waals surface area contributed by atoms with Gasteiger partial charge in [-0.2, -0.15) is 0 Å². The van der Waals surface area contributed by atoms with E-state index in [2.05, 4.69) is 0 Å². The smallest absolute Gasteiger partial charge is 0.122 e. The molecule has 88 valence electrons. The van der Waals surface area contributed by atoms with Gasteiger partial charge in [0.25, 0.3) is 0 Å². The average molecular weight is 268 g/mol. The number of nitrogens with two attached hydrogens (primary N) is 1. The zero-order valence-electron chi connectivity index (χ0n) is 8.99. The van der Waals surface area contributed by atoms with Gasteiger partial charge in [-0.1, -0.05) is 41.4 Å². The molecular weight excluding hydrogens is 257 g/mol. The second-order valence-electron chi connectivity index (χ2n) is 3.59. The van der Waals surface area contributed by atoms with E-state index in [-0.39, 0.29) is 0 Å². The summed E-state index contributed by atoms with van der Waals surface area (Å²) in [4.78, 5) is 0. The SMILES string of the molecule is Nc1ccccc1COc1cc(Cl)cc(Cl)c1. The molecule has 2 nitrogen and oxygen atoms in total. The minimum Gasteiger partial charge on any atom is -0.489 e. The Labute approximate surface area is 110 Å². The highest BCUT2D eigenvalue weighted by atomic mass is 35.5. The Morgan fingerprint density at radius 1 is 1.00 bits per heavy atom. The average Bonchev–Trinajstić information content (AvgIpc) is 2.27. The standard InChI is InChI=1S/C13H11Cl2NO/c14-10-5-11(15)7-12(6-10)17-8-9-3-1-2-4-13(9)16/h1-7H,8,16H2. The van der Waals surface area contributed by atoms with Gasteiger partial charge in [-0.05, 0) is 24.3 Å². The summed E-state index contributed by atoms with van der Waals surface area (Å²) in [6, 6.07) is 12.6. The molecule has 0 aliphatic carbocycles. The Hall–Kier alpha value is -1.38. The monoisotopic (exact) mass is 267 g/mol. The lowest BCUT2D eigenvalue weighted by Gasteiger charge is -2.09. The van der Waals surface area contributed by atoms with Gasteiger partial charge in [0.15, 0.2) is 0 Å². The second kappa shape index (κ2) is 5.30. The van der Waals surface area contributed by atoms with Crippen LogP contribution in [-0.2, 0) is 6.61 Å². The number of halogens is 2. The van der Waals surface area contributed by atoms with Crippen LogP contribution in [0.4, 0.5) is 5.69 Å². The van der Waals surface area contributed by atoms with Gasteiger partial charge < -0.3 is 10.5 Å². The predicted octanol–water partition coefficient (Wildman–Crippen LogP) is 4.15. The molecule has 0 heterocycles. The van der Waals surface area contributed by atoms with Crippen molar-refractivity contribution in [3.05, 3.63) is 58.1 Å². The van der Waals surface area contributed by atoms with E-state index in [4.69, 9.17) is 33.7 Å². The van der Waals surface area contributed by atoms with E-state index in [1.54, 1.807) is 18.2 Å². The van der Waals surface area contributed by atoms with E-state index in [0.29, 0.717) is 28.1 Å². The summed E-state index contributed by atoms with van der Waals surface area (Å²) in [5, 5.41) is 1.10. The molecule has 0 unspecified atom stereocenters. The summed E-state index contributed by atoms with van der Waals surface area (Å²) in [6.45, 7) is 0.392. The van der Waals surface area contributed by atoms with E-state index in [0.717, 1.165) is 5.56 Å². The Bertz CT molecular complexity index is 508. The van der Waals surface area contributed by atoms with Crippen molar-refractivity contribution in [1.82, 2.24) is 0 Å². The predicted molar refractivity (Wildman–Crippen MR) is 71.6 cm³/mol. The van der Waals surface area contributed by atoms with Crippen molar-refractivity contribution in [2.24, 2.45) is 0 Å². The largest absolute Gasteiger partial charge is 0.489 e. The Kier molecular flexibility index (Phi) is 3.77. The van der Waals surface area contributed by atoms with Gasteiger partial charge in [0.1, 0.15) is 12.4 Å². The molecule has 0 fully saturated rings. The number of hydrogen-bond donors (Lipinski definition) is 1. The molecule has 2 aromatic rings. The second-order valence-corrected chi connectivity index (χ2v) is 4.47. The van der Waals surface area contributed by atoms with Gasteiger partial charge in [0, 0.05) is 21.3 Å². The van der Waals surface area contributed by atoms with Crippen molar-refractivity contribution in [2.75, 3.05) is 5.73 Å². The van der Waals surface area contributed by atoms with Crippen LogP contribution in [0.15, 0.2) is 42.5 Å². The van der Waals surface area contributed by atoms with E-state index in [1.807, 2.05) is 24.3 Å². The molecule has 2 aromatic carbocycles. The third kappa shape index (κ3) is 3.29. The highest BCUT2D eigenvalue weighted by Crippen LogP contribution is 2.25. The van der Waals surface area contributed by atoms with Crippen molar-refractivity contribution in [3.8, 4) is 5.75 Å². The molecule has 2 rings (SSSR count). The first kappa shape index (κ1) is 12.1. The van der Waals surface area contributed by atoms with Crippen LogP contribution < -0.4 is 10.5 Å². The van der Waals surface area contributed by atoms with Gasteiger partial charge in [-0.15, -0.1) is 0 Å². The van der Waals surface area contributed by atoms with Crippen LogP contribution in [0.1, 0.15) is 5.56 Å². The zero-order valence-corrected chi connectivity index (χ0v) is 10.5. The number of nitrogen functional groups attached to an aromatic ring is 1. The van der Waals surface area contributed by atoms with Crippen molar-refractivity contribution in [2.45, 2.75) is 6.61 Å². The topological polar surface area (TPSA) is 35.2 Å². The van der Waals surface area contributed by atoms with Crippen molar-refractivity contribution in [1.29, 1.82) is 0 Å². The number of hydrogen-bond acceptors (Lipinski definition) is 2. The minimum atomic E-state index is 0.392. The summed E-state index contributed by atoms with van der Waals surface area (Å²) in [5.41, 5.74) is 7.46. The summed E-state index contributed by atoms with van der Waals surface area (Å²) in [5.74, 6) is 0.630. The first-order valence-electron chi connectivity index (χ1n) is 5.07. The minimum absolute atomic E-state index is 0.392. The number of rotatable bonds is 3. The van der Waals surface area contributed by atoms with E-state index in [1.165, 1.54) is 0 Å². The van der Waals surface area contributed by atoms with Gasteiger partial charge in [0.2, 0.25) is 0 Å². The van der Waals surface area contributed by atoms with Crippen LogP contribution in [0, 0.1) is 0 Å². The maximum atomic E-state index is 5.87. The molecule has 0 aliphatic heterocycles. The van der Waals surface area contributed by atoms with E-state index >= 15 is 0 Å². The maximum absolute atomic E-state index is 5.87. The van der Waals surface area contributed by atoms with Crippen LogP contribution in [0.5, 0.6) is 5.75 Å². The van der Waals surface area contributed by atoms with Crippen molar-refractivity contribution >= 4 is 28.9 Å². The van der Waals surface area contributed by atoms with Gasteiger partial charge >= 0.3 is 0 Å². The van der Waals surface area contributed by atoms with Crippen molar-refractivity contribution in [3.63, 3.8) is 0 Å². The summed E-state index contributed by atoms with van der Waals surface area (Å²) in [7, 11) is 0. The molecule has 4 heteroatoms. The van der Waals surface area contributed by atoms with Crippen LogP contribution in [0.2, 0.25) is 10.0 Å². The lowest BCUT2D eigenvalue weighted by atomic mass is 10.2. The van der Waals surface area contributed by atoms with E-state index < -0.39 is 0 Å². The maximum Gasteiger partial charge on any atom is 0.122 e. The molecule has 0 saturated carbocycles. The molecule has 0 bridgehead atoms. The molecule has 0 amide bonds. The fraction of sp³-hybridized carbons (Fsp3) is 0.0769. The molecular formula is C13H11Cl2NO. The first-order valence-corrected chi connectivity index (χ1v) is 5.83. The number of ether oxygens (including phenoxy) is 1. The van der Waals surface area contributed by atoms with Gasteiger partial charge in [-0.3, -0.25) is 0 Å². The number of benzene rings is 2. The number of para-hydroxylation sites is 1. The highest BCUT2D eigenvalue weighted by molar-refractivity contribution is 6.34. The molecule has 0 saturated heterocycles. The van der Waals surface area contributed by atoms with Crippen LogP contribution >= 0.6 is 23.2 Å². The zero-order chi connectivity index (χ0) is 12.3. The summed E-state index contributed by atoms with van der Waals surface area (Å²) in [6.07, 6.45) is 0. The Morgan fingerprint density at radius 2 is 1.65 bits per heavy atom. The third-order valence-electron chi connectivity index (χ3n) is 2.29. The fourth-order valence-corrected chi connectivity index (χ4v) is 1.94. The van der Waals surface area contributed by atoms with Gasteiger partial charge in [-0.25, -0.2) is 0 Å². The van der Waals surface area contributed by atoms with Crippen LogP contribution in [-0.4, -0.2) is 0 Å². The molecule has 17 heavy (non-hydrogen) atoms. The van der Waals surface area contributed by atoms with Crippen molar-refractivity contribution < 1.29 is 4.74 Å². The lowest BCUT2D eigenvalue weighted by Crippen LogP contribution is -1.99. The first-order chi connectivity index (χ1) is 8.15. The Balaban J connectivity index is 2.10. The quantitative estimate of drug-likeness (QED) is 0.848. The molecule has 0 spiro atoms. The van der Waals surface area contributed by atoms with E-state index in [9.17, 15) is 0 Å². The molecule has 2 N–H and O–H groups in total. The normalized spacial score (nSPS) is 10.2. The third-order valence-corrected chi connectivity index (χ3v) is 2.72.